The average Bonchev–Trinajstić information content (AvgIpc) is 2.43. The van der Waals surface area contributed by atoms with E-state index in [2.05, 4.69) is 21.2 Å². The predicted octanol–water partition coefficient (Wildman–Crippen LogP) is 3.19. The molecule has 0 radical (unpaired) electrons. The van der Waals surface area contributed by atoms with Crippen molar-refractivity contribution in [3.05, 3.63) is 62.5 Å². The number of aryl methyl sites for hydroxylation is 2. The van der Waals surface area contributed by atoms with Crippen LogP contribution in [0.25, 0.3) is 0 Å². The lowest BCUT2D eigenvalue weighted by Gasteiger charge is -2.10. The molecule has 0 spiro atoms. The summed E-state index contributed by atoms with van der Waals surface area (Å²) < 4.78 is 2.32. The highest BCUT2D eigenvalue weighted by Crippen LogP contribution is 2.22. The lowest BCUT2D eigenvalue weighted by Crippen LogP contribution is -2.20. The van der Waals surface area contributed by atoms with Gasteiger partial charge in [0.15, 0.2) is 0 Å². The van der Waals surface area contributed by atoms with Crippen molar-refractivity contribution >= 4 is 27.5 Å². The number of benzene rings is 1. The van der Waals surface area contributed by atoms with Crippen molar-refractivity contribution < 1.29 is 4.79 Å². The molecule has 104 valence electrons. The highest BCUT2D eigenvalue weighted by molar-refractivity contribution is 9.10. The zero-order valence-corrected chi connectivity index (χ0v) is 12.9. The molecule has 0 fully saturated rings. The van der Waals surface area contributed by atoms with Crippen molar-refractivity contribution in [1.82, 2.24) is 4.57 Å². The molecule has 1 heterocycles. The van der Waals surface area contributed by atoms with E-state index in [4.69, 9.17) is 0 Å². The number of carbonyl (C=O) groups excluding carboxylic acids is 1. The summed E-state index contributed by atoms with van der Waals surface area (Å²) in [5, 5.41) is 2.80. The molecular weight excluding hydrogens is 320 g/mol. The van der Waals surface area contributed by atoms with Gasteiger partial charge in [0.1, 0.15) is 0 Å². The first kappa shape index (κ1) is 14.5. The van der Waals surface area contributed by atoms with E-state index in [1.54, 1.807) is 22.9 Å². The van der Waals surface area contributed by atoms with E-state index in [1.807, 2.05) is 26.0 Å². The van der Waals surface area contributed by atoms with Crippen LogP contribution in [-0.2, 0) is 6.54 Å². The van der Waals surface area contributed by atoms with Gasteiger partial charge in [0.05, 0.1) is 11.3 Å². The van der Waals surface area contributed by atoms with E-state index in [9.17, 15) is 9.59 Å². The third kappa shape index (κ3) is 2.99. The molecule has 1 amide bonds. The summed E-state index contributed by atoms with van der Waals surface area (Å²) >= 11 is 3.42. The number of anilines is 1. The third-order valence-electron chi connectivity index (χ3n) is 3.02. The Morgan fingerprint density at radius 2 is 2.05 bits per heavy atom. The maximum absolute atomic E-state index is 12.2. The van der Waals surface area contributed by atoms with Crippen LogP contribution in [-0.4, -0.2) is 10.5 Å². The monoisotopic (exact) mass is 334 g/mol. The fourth-order valence-electron chi connectivity index (χ4n) is 1.87. The van der Waals surface area contributed by atoms with Crippen LogP contribution in [0.5, 0.6) is 0 Å². The summed E-state index contributed by atoms with van der Waals surface area (Å²) in [5.74, 6) is -0.207. The Bertz CT molecular complexity index is 707. The zero-order valence-electron chi connectivity index (χ0n) is 11.3. The molecule has 0 atom stereocenters. The van der Waals surface area contributed by atoms with Crippen LogP contribution in [0.4, 0.5) is 5.69 Å². The average molecular weight is 335 g/mol. The largest absolute Gasteiger partial charge is 0.321 e. The topological polar surface area (TPSA) is 51.1 Å². The number of nitrogens with zero attached hydrogens (tertiary/aromatic N) is 1. The Morgan fingerprint density at radius 3 is 2.75 bits per heavy atom. The van der Waals surface area contributed by atoms with Crippen LogP contribution in [0.1, 0.15) is 22.8 Å². The molecule has 1 aromatic heterocycles. The molecule has 2 aromatic rings. The molecule has 0 aliphatic heterocycles. The van der Waals surface area contributed by atoms with Crippen molar-refractivity contribution in [2.24, 2.45) is 0 Å². The molecule has 5 heteroatoms. The van der Waals surface area contributed by atoms with E-state index >= 15 is 0 Å². The normalized spacial score (nSPS) is 10.3. The van der Waals surface area contributed by atoms with Crippen LogP contribution in [0.2, 0.25) is 0 Å². The van der Waals surface area contributed by atoms with Crippen molar-refractivity contribution in [3.63, 3.8) is 0 Å². The van der Waals surface area contributed by atoms with Gasteiger partial charge >= 0.3 is 0 Å². The maximum atomic E-state index is 12.2. The summed E-state index contributed by atoms with van der Waals surface area (Å²) in [7, 11) is 0. The van der Waals surface area contributed by atoms with Gasteiger partial charge in [0, 0.05) is 23.3 Å². The van der Waals surface area contributed by atoms with Gasteiger partial charge in [-0.25, -0.2) is 0 Å². The fraction of sp³-hybridized carbons (Fsp3) is 0.200. The smallest absolute Gasteiger partial charge is 0.256 e. The van der Waals surface area contributed by atoms with Gasteiger partial charge in [-0.3, -0.25) is 9.59 Å². The molecular formula is C15H15BrN2O2. The third-order valence-corrected chi connectivity index (χ3v) is 4.07. The number of pyridine rings is 1. The van der Waals surface area contributed by atoms with Gasteiger partial charge in [-0.15, -0.1) is 0 Å². The summed E-state index contributed by atoms with van der Waals surface area (Å²) in [6.45, 7) is 4.37. The number of halogens is 1. The molecule has 0 aliphatic rings. The SMILES string of the molecule is CCn1cc(NC(=O)c2cccc(C)c2Br)ccc1=O. The second-order valence-corrected chi connectivity index (χ2v) is 5.23. The van der Waals surface area contributed by atoms with E-state index in [1.165, 1.54) is 6.07 Å². The first-order valence-corrected chi connectivity index (χ1v) is 7.09. The second-order valence-electron chi connectivity index (χ2n) is 4.43. The molecule has 4 nitrogen and oxygen atoms in total. The highest BCUT2D eigenvalue weighted by atomic mass is 79.9. The highest BCUT2D eigenvalue weighted by Gasteiger charge is 2.11. The van der Waals surface area contributed by atoms with Crippen LogP contribution in [0.3, 0.4) is 0 Å². The number of amides is 1. The van der Waals surface area contributed by atoms with E-state index in [0.29, 0.717) is 17.8 Å². The molecule has 0 saturated carbocycles. The Kier molecular flexibility index (Phi) is 4.39. The summed E-state index contributed by atoms with van der Waals surface area (Å²) in [6, 6.07) is 8.57. The minimum Gasteiger partial charge on any atom is -0.321 e. The molecule has 0 aliphatic carbocycles. The Hall–Kier alpha value is -1.88. The number of carbonyl (C=O) groups is 1. The van der Waals surface area contributed by atoms with Crippen molar-refractivity contribution in [2.45, 2.75) is 20.4 Å². The van der Waals surface area contributed by atoms with Crippen LogP contribution >= 0.6 is 15.9 Å². The van der Waals surface area contributed by atoms with Crippen molar-refractivity contribution in [3.8, 4) is 0 Å². The van der Waals surface area contributed by atoms with Gasteiger partial charge < -0.3 is 9.88 Å². The Morgan fingerprint density at radius 1 is 1.30 bits per heavy atom. The number of aromatic nitrogens is 1. The number of hydrogen-bond donors (Lipinski definition) is 1. The number of rotatable bonds is 3. The zero-order chi connectivity index (χ0) is 14.7. The standard InChI is InChI=1S/C15H15BrN2O2/c1-3-18-9-11(7-8-13(18)19)17-15(20)12-6-4-5-10(2)14(12)16/h4-9H,3H2,1-2H3,(H,17,20). The lowest BCUT2D eigenvalue weighted by atomic mass is 10.1. The van der Waals surface area contributed by atoms with Gasteiger partial charge in [-0.05, 0) is 47.5 Å². The van der Waals surface area contributed by atoms with Gasteiger partial charge in [-0.2, -0.15) is 0 Å². The lowest BCUT2D eigenvalue weighted by molar-refractivity contribution is 0.102. The summed E-state index contributed by atoms with van der Waals surface area (Å²) in [6.07, 6.45) is 1.64. The van der Waals surface area contributed by atoms with E-state index in [-0.39, 0.29) is 11.5 Å². The molecule has 1 N–H and O–H groups in total. The van der Waals surface area contributed by atoms with Gasteiger partial charge in [0.25, 0.3) is 11.5 Å². The minimum absolute atomic E-state index is 0.0813. The van der Waals surface area contributed by atoms with Crippen LogP contribution in [0, 0.1) is 6.92 Å². The van der Waals surface area contributed by atoms with Crippen LogP contribution in [0.15, 0.2) is 45.8 Å². The molecule has 0 saturated heterocycles. The Balaban J connectivity index is 2.28. The number of nitrogens with one attached hydrogen (secondary N) is 1. The van der Waals surface area contributed by atoms with Crippen molar-refractivity contribution in [2.75, 3.05) is 5.32 Å². The first-order valence-electron chi connectivity index (χ1n) is 6.30. The summed E-state index contributed by atoms with van der Waals surface area (Å²) in [5.41, 5.74) is 2.09. The minimum atomic E-state index is -0.207. The molecule has 0 unspecified atom stereocenters. The molecule has 20 heavy (non-hydrogen) atoms. The summed E-state index contributed by atoms with van der Waals surface area (Å²) in [4.78, 5) is 23.7. The fourth-order valence-corrected chi connectivity index (χ4v) is 2.32. The quantitative estimate of drug-likeness (QED) is 0.937. The molecule has 0 bridgehead atoms. The van der Waals surface area contributed by atoms with E-state index < -0.39 is 0 Å². The molecule has 1 aromatic carbocycles. The second kappa shape index (κ2) is 6.05. The van der Waals surface area contributed by atoms with Crippen molar-refractivity contribution in [1.29, 1.82) is 0 Å². The van der Waals surface area contributed by atoms with Gasteiger partial charge in [-0.1, -0.05) is 12.1 Å². The van der Waals surface area contributed by atoms with E-state index in [0.717, 1.165) is 10.0 Å². The number of hydrogen-bond acceptors (Lipinski definition) is 2. The first-order chi connectivity index (χ1) is 9.52. The maximum Gasteiger partial charge on any atom is 0.256 e. The van der Waals surface area contributed by atoms with Crippen LogP contribution < -0.4 is 10.9 Å². The predicted molar refractivity (Wildman–Crippen MR) is 83.2 cm³/mol. The van der Waals surface area contributed by atoms with Gasteiger partial charge in [0.2, 0.25) is 0 Å². The molecule has 2 rings (SSSR count). The Labute approximate surface area is 125 Å².